The number of ether oxygens (including phenoxy) is 1. The van der Waals surface area contributed by atoms with E-state index in [-0.39, 0.29) is 11.3 Å². The first kappa shape index (κ1) is 13.4. The van der Waals surface area contributed by atoms with Crippen LogP contribution in [0, 0.1) is 10.8 Å². The van der Waals surface area contributed by atoms with Gasteiger partial charge in [-0.1, -0.05) is 51.1 Å². The first-order valence-electron chi connectivity index (χ1n) is 6.37. The number of benzene rings is 2. The molecule has 0 amide bonds. The van der Waals surface area contributed by atoms with Crippen LogP contribution in [-0.2, 0) is 0 Å². The van der Waals surface area contributed by atoms with Crippen LogP contribution in [0.25, 0.3) is 10.8 Å². The monoisotopic (exact) mass is 256 g/mol. The van der Waals surface area contributed by atoms with Crippen LogP contribution in [-0.4, -0.2) is 12.4 Å². The van der Waals surface area contributed by atoms with Crippen molar-refractivity contribution in [3.05, 3.63) is 42.0 Å². The molecular weight excluding hydrogens is 236 g/mol. The van der Waals surface area contributed by atoms with Crippen LogP contribution in [0.1, 0.15) is 26.3 Å². The number of nitrogens with one attached hydrogen (secondary N) is 1. The highest BCUT2D eigenvalue weighted by Gasteiger charge is 2.13. The van der Waals surface area contributed by atoms with E-state index >= 15 is 0 Å². The summed E-state index contributed by atoms with van der Waals surface area (Å²) in [6.07, 6.45) is 0. The standard InChI is InChI=1S/C16H20N2O/c1-16(2,3)10-19-14-9-5-6-11-12(14)7-4-8-13(11)15(17)18/h4-9H,10H2,1-3H3,(H3,17,18). The Morgan fingerprint density at radius 2 is 1.74 bits per heavy atom. The van der Waals surface area contributed by atoms with Crippen LogP contribution in [0.2, 0.25) is 0 Å². The second-order valence-corrected chi connectivity index (χ2v) is 5.92. The summed E-state index contributed by atoms with van der Waals surface area (Å²) in [5.41, 5.74) is 6.48. The number of nitrogens with two attached hydrogens (primary N) is 1. The predicted octanol–water partition coefficient (Wildman–Crippen LogP) is 3.55. The molecule has 0 saturated carbocycles. The molecule has 19 heavy (non-hydrogen) atoms. The first-order valence-corrected chi connectivity index (χ1v) is 6.37. The van der Waals surface area contributed by atoms with Crippen molar-refractivity contribution in [2.45, 2.75) is 20.8 Å². The quantitative estimate of drug-likeness (QED) is 0.651. The number of amidine groups is 1. The topological polar surface area (TPSA) is 59.1 Å². The maximum atomic E-state index is 7.63. The molecule has 0 aliphatic rings. The third kappa shape index (κ3) is 3.05. The van der Waals surface area contributed by atoms with Gasteiger partial charge in [0.15, 0.2) is 0 Å². The van der Waals surface area contributed by atoms with Gasteiger partial charge in [-0.25, -0.2) is 0 Å². The molecular formula is C16H20N2O. The highest BCUT2D eigenvalue weighted by Crippen LogP contribution is 2.29. The van der Waals surface area contributed by atoms with Crippen molar-refractivity contribution < 1.29 is 4.74 Å². The van der Waals surface area contributed by atoms with Gasteiger partial charge < -0.3 is 10.5 Å². The highest BCUT2D eigenvalue weighted by atomic mass is 16.5. The maximum absolute atomic E-state index is 7.63. The number of hydrogen-bond acceptors (Lipinski definition) is 2. The number of nitrogen functional groups attached to an aromatic ring is 1. The largest absolute Gasteiger partial charge is 0.492 e. The highest BCUT2D eigenvalue weighted by molar-refractivity contribution is 6.08. The second-order valence-electron chi connectivity index (χ2n) is 5.92. The van der Waals surface area contributed by atoms with Gasteiger partial charge in [-0.05, 0) is 16.9 Å². The van der Waals surface area contributed by atoms with Crippen LogP contribution in [0.3, 0.4) is 0 Å². The summed E-state index contributed by atoms with van der Waals surface area (Å²) in [7, 11) is 0. The Balaban J connectivity index is 2.46. The molecule has 100 valence electrons. The molecule has 2 aromatic carbocycles. The smallest absolute Gasteiger partial charge is 0.127 e. The van der Waals surface area contributed by atoms with E-state index < -0.39 is 0 Å². The molecule has 2 rings (SSSR count). The molecule has 3 nitrogen and oxygen atoms in total. The summed E-state index contributed by atoms with van der Waals surface area (Å²) in [6.45, 7) is 7.06. The number of fused-ring (bicyclic) bond motifs is 1. The fourth-order valence-electron chi connectivity index (χ4n) is 1.94. The first-order chi connectivity index (χ1) is 8.88. The second kappa shape index (κ2) is 4.92. The van der Waals surface area contributed by atoms with E-state index in [0.717, 1.165) is 22.1 Å². The van der Waals surface area contributed by atoms with E-state index in [0.29, 0.717) is 6.61 Å². The molecule has 0 aliphatic carbocycles. The third-order valence-corrected chi connectivity index (χ3v) is 2.83. The summed E-state index contributed by atoms with van der Waals surface area (Å²) in [6, 6.07) is 11.6. The molecule has 0 saturated heterocycles. The van der Waals surface area contributed by atoms with Gasteiger partial charge in [0, 0.05) is 10.9 Å². The van der Waals surface area contributed by atoms with E-state index in [9.17, 15) is 0 Å². The zero-order valence-corrected chi connectivity index (χ0v) is 11.7. The summed E-state index contributed by atoms with van der Waals surface area (Å²) in [4.78, 5) is 0. The van der Waals surface area contributed by atoms with Crippen LogP contribution in [0.15, 0.2) is 36.4 Å². The average molecular weight is 256 g/mol. The van der Waals surface area contributed by atoms with Crippen molar-refractivity contribution >= 4 is 16.6 Å². The Bertz CT molecular complexity index is 612. The molecule has 0 aromatic heterocycles. The van der Waals surface area contributed by atoms with Gasteiger partial charge in [-0.3, -0.25) is 5.41 Å². The Labute approximate surface area is 113 Å². The minimum absolute atomic E-state index is 0.0820. The molecule has 0 fully saturated rings. The molecule has 3 N–H and O–H groups in total. The minimum Gasteiger partial charge on any atom is -0.492 e. The normalized spacial score (nSPS) is 11.5. The molecule has 0 spiro atoms. The summed E-state index contributed by atoms with van der Waals surface area (Å²) >= 11 is 0. The van der Waals surface area contributed by atoms with Gasteiger partial charge in [-0.15, -0.1) is 0 Å². The lowest BCUT2D eigenvalue weighted by atomic mass is 9.98. The Morgan fingerprint density at radius 3 is 2.37 bits per heavy atom. The zero-order chi connectivity index (χ0) is 14.0. The lowest BCUT2D eigenvalue weighted by Gasteiger charge is -2.20. The van der Waals surface area contributed by atoms with Crippen molar-refractivity contribution in [2.24, 2.45) is 11.1 Å². The van der Waals surface area contributed by atoms with Gasteiger partial charge in [-0.2, -0.15) is 0 Å². The van der Waals surface area contributed by atoms with E-state index in [4.69, 9.17) is 15.9 Å². The number of hydrogen-bond donors (Lipinski definition) is 2. The maximum Gasteiger partial charge on any atom is 0.127 e. The molecule has 0 radical (unpaired) electrons. The lowest BCUT2D eigenvalue weighted by molar-refractivity contribution is 0.200. The van der Waals surface area contributed by atoms with E-state index in [1.807, 2.05) is 36.4 Å². The molecule has 3 heteroatoms. The lowest BCUT2D eigenvalue weighted by Crippen LogP contribution is -2.17. The Morgan fingerprint density at radius 1 is 1.11 bits per heavy atom. The average Bonchev–Trinajstić information content (AvgIpc) is 2.34. The van der Waals surface area contributed by atoms with Crippen LogP contribution < -0.4 is 10.5 Å². The summed E-state index contributed by atoms with van der Waals surface area (Å²) in [5, 5.41) is 9.59. The van der Waals surface area contributed by atoms with Gasteiger partial charge in [0.25, 0.3) is 0 Å². The molecule has 0 bridgehead atoms. The summed E-state index contributed by atoms with van der Waals surface area (Å²) in [5.74, 6) is 0.925. The molecule has 2 aromatic rings. The van der Waals surface area contributed by atoms with Gasteiger partial charge in [0.1, 0.15) is 11.6 Å². The van der Waals surface area contributed by atoms with E-state index in [2.05, 4.69) is 20.8 Å². The molecule has 0 aliphatic heterocycles. The van der Waals surface area contributed by atoms with E-state index in [1.165, 1.54) is 0 Å². The predicted molar refractivity (Wildman–Crippen MR) is 79.9 cm³/mol. The van der Waals surface area contributed by atoms with Crippen molar-refractivity contribution in [3.63, 3.8) is 0 Å². The van der Waals surface area contributed by atoms with E-state index in [1.54, 1.807) is 0 Å². The zero-order valence-electron chi connectivity index (χ0n) is 11.7. The summed E-state index contributed by atoms with van der Waals surface area (Å²) < 4.78 is 5.91. The van der Waals surface area contributed by atoms with Crippen molar-refractivity contribution in [2.75, 3.05) is 6.61 Å². The van der Waals surface area contributed by atoms with Gasteiger partial charge in [0.2, 0.25) is 0 Å². The van der Waals surface area contributed by atoms with Crippen molar-refractivity contribution in [1.82, 2.24) is 0 Å². The van der Waals surface area contributed by atoms with Crippen molar-refractivity contribution in [1.29, 1.82) is 5.41 Å². The van der Waals surface area contributed by atoms with Crippen LogP contribution in [0.4, 0.5) is 0 Å². The Kier molecular flexibility index (Phi) is 3.47. The van der Waals surface area contributed by atoms with Crippen LogP contribution in [0.5, 0.6) is 5.75 Å². The molecule has 0 unspecified atom stereocenters. The minimum atomic E-state index is 0.0820. The fourth-order valence-corrected chi connectivity index (χ4v) is 1.94. The van der Waals surface area contributed by atoms with Gasteiger partial charge >= 0.3 is 0 Å². The SMILES string of the molecule is CC(C)(C)COc1cccc2c(C(=N)N)cccc12. The number of rotatable bonds is 3. The third-order valence-electron chi connectivity index (χ3n) is 2.83. The van der Waals surface area contributed by atoms with Crippen molar-refractivity contribution in [3.8, 4) is 5.75 Å². The molecule has 0 atom stereocenters. The fraction of sp³-hybridized carbons (Fsp3) is 0.312. The van der Waals surface area contributed by atoms with Crippen LogP contribution >= 0.6 is 0 Å². The Hall–Kier alpha value is -2.03. The van der Waals surface area contributed by atoms with Gasteiger partial charge in [0.05, 0.1) is 6.61 Å². The molecule has 0 heterocycles.